The number of aliphatic hydroxyl groups excluding tert-OH is 1. The Morgan fingerprint density at radius 1 is 1.45 bits per heavy atom. The molecule has 2 aliphatic rings. The van der Waals surface area contributed by atoms with Crippen LogP contribution in [0.25, 0.3) is 11.9 Å². The summed E-state index contributed by atoms with van der Waals surface area (Å²) in [7, 11) is 0. The van der Waals surface area contributed by atoms with E-state index < -0.39 is 5.83 Å². The van der Waals surface area contributed by atoms with Crippen molar-refractivity contribution in [2.24, 2.45) is 16.6 Å². The van der Waals surface area contributed by atoms with E-state index in [1.54, 1.807) is 13.0 Å². The first kappa shape index (κ1) is 24.4. The molecule has 4 unspecified atom stereocenters. The van der Waals surface area contributed by atoms with E-state index in [-0.39, 0.29) is 36.1 Å². The van der Waals surface area contributed by atoms with E-state index in [0.29, 0.717) is 33.5 Å². The Balaban J connectivity index is 0.000000383. The maximum Gasteiger partial charge on any atom is 0.207 e. The summed E-state index contributed by atoms with van der Waals surface area (Å²) in [5, 5.41) is 20.3. The maximum absolute atomic E-state index is 14.4. The molecule has 1 aromatic heterocycles. The molecule has 1 fully saturated rings. The number of aliphatic imine (C=N–C) groups is 1. The highest BCUT2D eigenvalue weighted by Crippen LogP contribution is 2.54. The number of nitrogens with two attached hydrogens (primary N) is 1. The number of hydrogen-bond acceptors (Lipinski definition) is 7. The van der Waals surface area contributed by atoms with Gasteiger partial charge >= 0.3 is 0 Å². The number of fused-ring (bicyclic) bond motifs is 1. The Morgan fingerprint density at radius 3 is 2.85 bits per heavy atom. The lowest BCUT2D eigenvalue weighted by atomic mass is 9.99. The molecule has 172 valence electrons. The van der Waals surface area contributed by atoms with Crippen LogP contribution in [0.2, 0.25) is 0 Å². The Hall–Kier alpha value is -3.29. The van der Waals surface area contributed by atoms with Crippen LogP contribution in [0.3, 0.4) is 0 Å². The highest BCUT2D eigenvalue weighted by Gasteiger charge is 2.48. The molecule has 4 rings (SSSR count). The first-order valence-electron chi connectivity index (χ1n) is 10.2. The van der Waals surface area contributed by atoms with Gasteiger partial charge in [0.2, 0.25) is 6.41 Å². The van der Waals surface area contributed by atoms with E-state index in [4.69, 9.17) is 16.1 Å². The van der Waals surface area contributed by atoms with E-state index in [2.05, 4.69) is 15.3 Å². The largest absolute Gasteiger partial charge is 0.394 e. The molecule has 7 nitrogen and oxygen atoms in total. The van der Waals surface area contributed by atoms with Crippen LogP contribution >= 0.6 is 11.8 Å². The van der Waals surface area contributed by atoms with Crippen molar-refractivity contribution >= 4 is 35.2 Å². The number of aliphatic hydroxyl groups is 1. The van der Waals surface area contributed by atoms with Gasteiger partial charge in [0, 0.05) is 23.1 Å². The number of nitrogens with one attached hydrogen (secondary N) is 1. The highest BCUT2D eigenvalue weighted by atomic mass is 32.2. The molecule has 1 aromatic carbocycles. The summed E-state index contributed by atoms with van der Waals surface area (Å²) in [5.41, 5.74) is 7.27. The molecule has 4 atom stereocenters. The van der Waals surface area contributed by atoms with Crippen molar-refractivity contribution in [3.05, 3.63) is 64.7 Å². The molecule has 10 heteroatoms. The number of halogens is 2. The fourth-order valence-electron chi connectivity index (χ4n) is 3.24. The van der Waals surface area contributed by atoms with Gasteiger partial charge in [-0.1, -0.05) is 17.8 Å². The summed E-state index contributed by atoms with van der Waals surface area (Å²) in [5.74, 6) is -0.636. The first-order chi connectivity index (χ1) is 15.9. The van der Waals surface area contributed by atoms with Crippen LogP contribution in [0.1, 0.15) is 41.8 Å². The van der Waals surface area contributed by atoms with Crippen molar-refractivity contribution in [1.29, 1.82) is 5.26 Å². The third-order valence-electron chi connectivity index (χ3n) is 5.12. The van der Waals surface area contributed by atoms with Gasteiger partial charge in [0.25, 0.3) is 0 Å². The number of amides is 1. The number of carbonyl (C=O) groups is 1. The van der Waals surface area contributed by atoms with Gasteiger partial charge in [-0.05, 0) is 55.2 Å². The molecule has 0 saturated heterocycles. The molecular weight excluding hydrogens is 448 g/mol. The van der Waals surface area contributed by atoms with Crippen LogP contribution in [-0.2, 0) is 4.79 Å². The van der Waals surface area contributed by atoms with E-state index in [9.17, 15) is 13.6 Å². The number of hydrogen-bond donors (Lipinski definition) is 3. The smallest absolute Gasteiger partial charge is 0.207 e. The molecule has 1 aliphatic carbocycles. The van der Waals surface area contributed by atoms with Crippen LogP contribution in [0.15, 0.2) is 41.5 Å². The van der Waals surface area contributed by atoms with Gasteiger partial charge in [-0.15, -0.1) is 0 Å². The monoisotopic (exact) mass is 471 g/mol. The minimum Gasteiger partial charge on any atom is -0.394 e. The lowest BCUT2D eigenvalue weighted by Crippen LogP contribution is -2.27. The predicted octanol–water partition coefficient (Wildman–Crippen LogP) is 3.16. The van der Waals surface area contributed by atoms with Crippen LogP contribution in [0, 0.1) is 23.1 Å². The number of rotatable bonds is 6. The second-order valence-electron chi connectivity index (χ2n) is 7.65. The lowest BCUT2D eigenvalue weighted by molar-refractivity contribution is -0.110. The van der Waals surface area contributed by atoms with Crippen LogP contribution in [0.5, 0.6) is 0 Å². The Morgan fingerprint density at radius 2 is 2.24 bits per heavy atom. The van der Waals surface area contributed by atoms with Gasteiger partial charge in [-0.2, -0.15) is 5.26 Å². The van der Waals surface area contributed by atoms with Gasteiger partial charge in [0.05, 0.1) is 23.9 Å². The van der Waals surface area contributed by atoms with Gasteiger partial charge in [-0.25, -0.2) is 8.78 Å². The standard InChI is InChI=1S/C19H14F2N4S.C4H9NO2/c20-14-3-1-10(6-15(21)16-4-2-11(8-22)9-24-16)5-12(14)18-13-7-17(13)26-19(23)25-18;1-4(2-6)5-3-7/h1-6,9,13,17-18H,7H2,(H2,23,25);3-4,6H,2H2,1H3,(H,5,7)/b15-6-;. The molecule has 0 bridgehead atoms. The number of nitriles is 1. The molecule has 33 heavy (non-hydrogen) atoms. The van der Waals surface area contributed by atoms with Crippen molar-refractivity contribution in [1.82, 2.24) is 10.3 Å². The first-order valence-corrected chi connectivity index (χ1v) is 11.1. The van der Waals surface area contributed by atoms with Gasteiger partial charge in [0.1, 0.15) is 17.7 Å². The molecule has 0 spiro atoms. The second kappa shape index (κ2) is 11.0. The van der Waals surface area contributed by atoms with Crippen LogP contribution in [-0.4, -0.2) is 39.6 Å². The van der Waals surface area contributed by atoms with Crippen molar-refractivity contribution in [3.8, 4) is 6.07 Å². The van der Waals surface area contributed by atoms with Crippen LogP contribution < -0.4 is 11.1 Å². The van der Waals surface area contributed by atoms with Crippen molar-refractivity contribution in [2.45, 2.75) is 30.7 Å². The predicted molar refractivity (Wildman–Crippen MR) is 124 cm³/mol. The molecule has 1 aliphatic heterocycles. The fraction of sp³-hybridized carbons (Fsp3) is 0.304. The Labute approximate surface area is 194 Å². The third kappa shape index (κ3) is 6.37. The summed E-state index contributed by atoms with van der Waals surface area (Å²) in [6.07, 6.45) is 4.14. The summed E-state index contributed by atoms with van der Waals surface area (Å²) in [6, 6.07) is 8.89. The lowest BCUT2D eigenvalue weighted by Gasteiger charge is -2.19. The van der Waals surface area contributed by atoms with Crippen molar-refractivity contribution < 1.29 is 18.7 Å². The van der Waals surface area contributed by atoms with E-state index >= 15 is 0 Å². The molecular formula is C23H23F2N5O2S. The average molecular weight is 472 g/mol. The van der Waals surface area contributed by atoms with Crippen molar-refractivity contribution in [3.63, 3.8) is 0 Å². The number of benzene rings is 1. The summed E-state index contributed by atoms with van der Waals surface area (Å²) >= 11 is 1.54. The van der Waals surface area contributed by atoms with E-state index in [1.165, 1.54) is 48.3 Å². The SMILES string of the molecule is CC(CO)NC=O.N#Cc1ccc(/C(F)=C/c2ccc(F)c(C3N=C(N)SC4CC43)c2)nc1. The molecule has 0 radical (unpaired) electrons. The van der Waals surface area contributed by atoms with Gasteiger partial charge < -0.3 is 16.2 Å². The number of thioether (sulfide) groups is 1. The molecule has 2 aromatic rings. The van der Waals surface area contributed by atoms with E-state index in [0.717, 1.165) is 6.42 Å². The second-order valence-corrected chi connectivity index (χ2v) is 8.91. The zero-order chi connectivity index (χ0) is 24.0. The van der Waals surface area contributed by atoms with Gasteiger partial charge in [-0.3, -0.25) is 14.8 Å². The molecule has 1 saturated carbocycles. The Kier molecular flexibility index (Phi) is 8.14. The zero-order valence-corrected chi connectivity index (χ0v) is 18.6. The average Bonchev–Trinajstić information content (AvgIpc) is 3.60. The number of carbonyl (C=O) groups excluding carboxylic acids is 1. The highest BCUT2D eigenvalue weighted by molar-refractivity contribution is 8.14. The van der Waals surface area contributed by atoms with Crippen LogP contribution in [0.4, 0.5) is 8.78 Å². The quantitative estimate of drug-likeness (QED) is 0.556. The normalized spacial score (nSPS) is 22.0. The number of aromatic nitrogens is 1. The maximum atomic E-state index is 14.4. The van der Waals surface area contributed by atoms with Crippen molar-refractivity contribution in [2.75, 3.05) is 6.61 Å². The Bertz CT molecular complexity index is 1100. The minimum atomic E-state index is -0.557. The number of pyridine rings is 1. The number of amidine groups is 1. The van der Waals surface area contributed by atoms with E-state index in [1.807, 2.05) is 6.07 Å². The zero-order valence-electron chi connectivity index (χ0n) is 17.8. The number of nitrogens with zero attached hydrogens (tertiary/aromatic N) is 3. The molecule has 4 N–H and O–H groups in total. The molecule has 1 amide bonds. The summed E-state index contributed by atoms with van der Waals surface area (Å²) < 4.78 is 28.8. The summed E-state index contributed by atoms with van der Waals surface area (Å²) in [6.45, 7) is 1.72. The van der Waals surface area contributed by atoms with Gasteiger partial charge in [0.15, 0.2) is 5.17 Å². The molecule has 2 heterocycles. The third-order valence-corrected chi connectivity index (χ3v) is 6.31. The summed E-state index contributed by atoms with van der Waals surface area (Å²) in [4.78, 5) is 17.9. The fourth-order valence-corrected chi connectivity index (χ4v) is 4.37. The topological polar surface area (TPSA) is 124 Å². The minimum absolute atomic E-state index is 0.00125.